The maximum Gasteiger partial charge on any atom is 0.433 e. The molecule has 3 heterocycles. The van der Waals surface area contributed by atoms with Crippen molar-refractivity contribution < 1.29 is 22.8 Å². The molecule has 2 amide bonds. The minimum atomic E-state index is -4.55. The summed E-state index contributed by atoms with van der Waals surface area (Å²) >= 11 is 0. The van der Waals surface area contributed by atoms with Gasteiger partial charge in [0.1, 0.15) is 5.69 Å². The zero-order chi connectivity index (χ0) is 22.9. The van der Waals surface area contributed by atoms with Crippen molar-refractivity contribution in [1.29, 1.82) is 0 Å². The number of likely N-dealkylation sites (tertiary alicyclic amines) is 1. The number of carbonyl (C=O) groups excluding carboxylic acids is 2. The minimum absolute atomic E-state index is 0.145. The van der Waals surface area contributed by atoms with Crippen LogP contribution < -0.4 is 5.32 Å². The lowest BCUT2D eigenvalue weighted by molar-refractivity contribution is -0.142. The van der Waals surface area contributed by atoms with E-state index in [0.29, 0.717) is 42.9 Å². The number of aryl methyl sites for hydroxylation is 1. The molecule has 1 unspecified atom stereocenters. The first-order valence-electron chi connectivity index (χ1n) is 10.3. The largest absolute Gasteiger partial charge is 0.433 e. The minimum Gasteiger partial charge on any atom is -0.343 e. The van der Waals surface area contributed by atoms with E-state index in [-0.39, 0.29) is 29.9 Å². The van der Waals surface area contributed by atoms with Gasteiger partial charge in [-0.25, -0.2) is 9.50 Å². The Labute approximate surface area is 182 Å². The molecule has 10 heteroatoms. The molecule has 1 saturated heterocycles. The second kappa shape index (κ2) is 8.60. The number of alkyl halides is 3. The number of fused-ring (bicyclic) bond motifs is 1. The van der Waals surface area contributed by atoms with E-state index >= 15 is 0 Å². The van der Waals surface area contributed by atoms with Gasteiger partial charge < -0.3 is 10.2 Å². The number of carbonyl (C=O) groups is 2. The van der Waals surface area contributed by atoms with E-state index < -0.39 is 11.9 Å². The van der Waals surface area contributed by atoms with Crippen molar-refractivity contribution in [2.75, 3.05) is 19.6 Å². The molecule has 2 aromatic heterocycles. The van der Waals surface area contributed by atoms with E-state index in [1.807, 2.05) is 0 Å². The van der Waals surface area contributed by atoms with Crippen LogP contribution in [0.3, 0.4) is 0 Å². The fraction of sp³-hybridized carbons (Fsp3) is 0.364. The van der Waals surface area contributed by atoms with Gasteiger partial charge in [0.05, 0.1) is 12.2 Å². The van der Waals surface area contributed by atoms with Gasteiger partial charge in [0.25, 0.3) is 5.91 Å². The molecule has 168 valence electrons. The average molecular weight is 445 g/mol. The Morgan fingerprint density at radius 1 is 1.19 bits per heavy atom. The molecule has 0 radical (unpaired) electrons. The fourth-order valence-electron chi connectivity index (χ4n) is 3.81. The van der Waals surface area contributed by atoms with Crippen LogP contribution in [-0.4, -0.2) is 50.9 Å². The Balaban J connectivity index is 1.45. The van der Waals surface area contributed by atoms with Gasteiger partial charge in [0.2, 0.25) is 5.91 Å². The van der Waals surface area contributed by atoms with Crippen molar-refractivity contribution in [3.05, 3.63) is 65.1 Å². The Hall–Kier alpha value is -3.43. The second-order valence-corrected chi connectivity index (χ2v) is 7.70. The molecule has 0 spiro atoms. The van der Waals surface area contributed by atoms with Crippen LogP contribution in [0.5, 0.6) is 0 Å². The summed E-state index contributed by atoms with van der Waals surface area (Å²) in [4.78, 5) is 30.5. The molecule has 3 aromatic rings. The number of halogens is 3. The zero-order valence-corrected chi connectivity index (χ0v) is 17.4. The number of aromatic nitrogens is 3. The zero-order valence-electron chi connectivity index (χ0n) is 17.4. The highest BCUT2D eigenvalue weighted by molar-refractivity contribution is 5.96. The van der Waals surface area contributed by atoms with Gasteiger partial charge in [-0.1, -0.05) is 25.1 Å². The van der Waals surface area contributed by atoms with Gasteiger partial charge >= 0.3 is 6.18 Å². The first kappa shape index (κ1) is 21.8. The summed E-state index contributed by atoms with van der Waals surface area (Å²) in [6, 6.07) is 11.2. The van der Waals surface area contributed by atoms with Gasteiger partial charge in [0.15, 0.2) is 5.65 Å². The van der Waals surface area contributed by atoms with E-state index in [2.05, 4.69) is 15.4 Å². The monoisotopic (exact) mass is 445 g/mol. The molecular weight excluding hydrogens is 423 g/mol. The van der Waals surface area contributed by atoms with Crippen molar-refractivity contribution in [3.63, 3.8) is 0 Å². The smallest absolute Gasteiger partial charge is 0.343 e. The van der Waals surface area contributed by atoms with E-state index in [1.54, 1.807) is 48.2 Å². The first-order chi connectivity index (χ1) is 15.3. The first-order valence-corrected chi connectivity index (χ1v) is 10.3. The summed E-state index contributed by atoms with van der Waals surface area (Å²) in [6.45, 7) is 2.36. The van der Waals surface area contributed by atoms with E-state index in [1.165, 1.54) is 0 Å². The third-order valence-electron chi connectivity index (χ3n) is 5.55. The number of hydrogen-bond acceptors (Lipinski definition) is 4. The topological polar surface area (TPSA) is 79.6 Å². The lowest BCUT2D eigenvalue weighted by Gasteiger charge is -2.16. The standard InChI is InChI=1S/C22H22F3N5O2/c1-2-16-10-18(22(23,24)25)30-19(27-16)11-17(28-30)15-8-9-29(13-15)20(31)12-26-21(32)14-6-4-3-5-7-14/h3-7,10-11,15H,2,8-9,12-13H2,1H3,(H,26,32). The van der Waals surface area contributed by atoms with Crippen molar-refractivity contribution in [2.24, 2.45) is 0 Å². The van der Waals surface area contributed by atoms with Crippen LogP contribution >= 0.6 is 0 Å². The fourth-order valence-corrected chi connectivity index (χ4v) is 3.81. The molecule has 1 aliphatic heterocycles. The molecule has 1 fully saturated rings. The van der Waals surface area contributed by atoms with Gasteiger partial charge in [0, 0.05) is 36.3 Å². The van der Waals surface area contributed by atoms with E-state index in [0.717, 1.165) is 10.6 Å². The third-order valence-corrected chi connectivity index (χ3v) is 5.55. The quantitative estimate of drug-likeness (QED) is 0.655. The highest BCUT2D eigenvalue weighted by Gasteiger charge is 2.36. The number of hydrogen-bond donors (Lipinski definition) is 1. The molecule has 32 heavy (non-hydrogen) atoms. The van der Waals surface area contributed by atoms with Crippen LogP contribution in [0.2, 0.25) is 0 Å². The van der Waals surface area contributed by atoms with Crippen molar-refractivity contribution in [2.45, 2.75) is 31.9 Å². The number of nitrogens with one attached hydrogen (secondary N) is 1. The van der Waals surface area contributed by atoms with Crippen LogP contribution in [-0.2, 0) is 17.4 Å². The molecule has 7 nitrogen and oxygen atoms in total. The molecule has 0 bridgehead atoms. The molecule has 1 N–H and O–H groups in total. The summed E-state index contributed by atoms with van der Waals surface area (Å²) < 4.78 is 41.3. The maximum atomic E-state index is 13.5. The highest BCUT2D eigenvalue weighted by atomic mass is 19.4. The second-order valence-electron chi connectivity index (χ2n) is 7.70. The third kappa shape index (κ3) is 4.44. The van der Waals surface area contributed by atoms with Crippen LogP contribution in [0.4, 0.5) is 13.2 Å². The lowest BCUT2D eigenvalue weighted by atomic mass is 10.1. The summed E-state index contributed by atoms with van der Waals surface area (Å²) in [7, 11) is 0. The summed E-state index contributed by atoms with van der Waals surface area (Å²) in [5.74, 6) is -0.785. The van der Waals surface area contributed by atoms with Gasteiger partial charge in [-0.05, 0) is 31.0 Å². The lowest BCUT2D eigenvalue weighted by Crippen LogP contribution is -2.39. The maximum absolute atomic E-state index is 13.5. The average Bonchev–Trinajstić information content (AvgIpc) is 3.43. The van der Waals surface area contributed by atoms with Gasteiger partial charge in [-0.3, -0.25) is 9.59 Å². The van der Waals surface area contributed by atoms with Gasteiger partial charge in [-0.2, -0.15) is 18.3 Å². The van der Waals surface area contributed by atoms with Gasteiger partial charge in [-0.15, -0.1) is 0 Å². The SMILES string of the molecule is CCc1cc(C(F)(F)F)n2nc(C3CCN(C(=O)CNC(=O)c4ccccc4)C3)cc2n1. The van der Waals surface area contributed by atoms with Crippen LogP contribution in [0.1, 0.15) is 46.7 Å². The summed E-state index contributed by atoms with van der Waals surface area (Å²) in [5.41, 5.74) is 0.559. The molecule has 0 aliphatic carbocycles. The van der Waals surface area contributed by atoms with Crippen LogP contribution in [0.15, 0.2) is 42.5 Å². The molecule has 1 atom stereocenters. The number of benzene rings is 1. The Kier molecular flexibility index (Phi) is 5.86. The number of amides is 2. The predicted molar refractivity (Wildman–Crippen MR) is 110 cm³/mol. The summed E-state index contributed by atoms with van der Waals surface area (Å²) in [6.07, 6.45) is -3.60. The van der Waals surface area contributed by atoms with Crippen LogP contribution in [0.25, 0.3) is 5.65 Å². The molecule has 0 saturated carbocycles. The number of nitrogens with zero attached hydrogens (tertiary/aromatic N) is 4. The van der Waals surface area contributed by atoms with Crippen molar-refractivity contribution in [1.82, 2.24) is 24.8 Å². The van der Waals surface area contributed by atoms with Crippen molar-refractivity contribution >= 4 is 17.5 Å². The molecule has 1 aliphatic rings. The Morgan fingerprint density at radius 2 is 1.94 bits per heavy atom. The van der Waals surface area contributed by atoms with E-state index in [9.17, 15) is 22.8 Å². The van der Waals surface area contributed by atoms with Crippen molar-refractivity contribution in [3.8, 4) is 0 Å². The molecular formula is C22H22F3N5O2. The molecule has 1 aromatic carbocycles. The Bertz CT molecular complexity index is 1140. The highest BCUT2D eigenvalue weighted by Crippen LogP contribution is 2.32. The Morgan fingerprint density at radius 3 is 2.62 bits per heavy atom. The number of rotatable bonds is 5. The molecule has 4 rings (SSSR count). The normalized spacial score (nSPS) is 16.5. The van der Waals surface area contributed by atoms with Crippen LogP contribution in [0, 0.1) is 0 Å². The summed E-state index contributed by atoms with van der Waals surface area (Å²) in [5, 5.41) is 6.77. The predicted octanol–water partition coefficient (Wildman–Crippen LogP) is 3.06. The van der Waals surface area contributed by atoms with E-state index in [4.69, 9.17) is 0 Å².